The van der Waals surface area contributed by atoms with Crippen molar-refractivity contribution in [1.82, 2.24) is 9.88 Å². The molecule has 9 heteroatoms. The third-order valence-corrected chi connectivity index (χ3v) is 9.83. The van der Waals surface area contributed by atoms with Crippen molar-refractivity contribution in [3.8, 4) is 0 Å². The van der Waals surface area contributed by atoms with Crippen LogP contribution in [-0.2, 0) is 16.1 Å². The van der Waals surface area contributed by atoms with Crippen molar-refractivity contribution in [2.24, 2.45) is 0 Å². The SMILES string of the molecule is CCC(Sc1cccc(NC(=O)/C(=C\c2ccccc2Cl)NC(=O)c2ccccc2)c1)C(=O)Nc1ccc2c(c1)c1ccccc1n2CC. The van der Waals surface area contributed by atoms with E-state index in [2.05, 4.69) is 45.6 Å². The molecule has 0 spiro atoms. The van der Waals surface area contributed by atoms with E-state index < -0.39 is 11.8 Å². The summed E-state index contributed by atoms with van der Waals surface area (Å²) in [6, 6.07) is 37.4. The minimum atomic E-state index is -0.518. The number of rotatable bonds is 11. The largest absolute Gasteiger partial charge is 0.341 e. The first kappa shape index (κ1) is 33.6. The molecule has 0 bridgehead atoms. The number of fused-ring (bicyclic) bond motifs is 3. The minimum Gasteiger partial charge on any atom is -0.341 e. The molecule has 1 heterocycles. The zero-order chi connectivity index (χ0) is 34.3. The topological polar surface area (TPSA) is 92.2 Å². The van der Waals surface area contributed by atoms with Crippen LogP contribution < -0.4 is 16.0 Å². The number of aromatic nitrogens is 1. The van der Waals surface area contributed by atoms with Gasteiger partial charge in [-0.05, 0) is 85.6 Å². The molecular weight excluding hydrogens is 652 g/mol. The van der Waals surface area contributed by atoms with E-state index >= 15 is 0 Å². The molecule has 0 radical (unpaired) electrons. The van der Waals surface area contributed by atoms with E-state index in [0.29, 0.717) is 28.3 Å². The van der Waals surface area contributed by atoms with Gasteiger partial charge in [0.2, 0.25) is 5.91 Å². The van der Waals surface area contributed by atoms with Crippen LogP contribution in [0.5, 0.6) is 0 Å². The fourth-order valence-electron chi connectivity index (χ4n) is 5.72. The summed E-state index contributed by atoms with van der Waals surface area (Å²) in [6.45, 7) is 4.96. The Bertz CT molecular complexity index is 2200. The zero-order valence-corrected chi connectivity index (χ0v) is 28.6. The second-order valence-corrected chi connectivity index (χ2v) is 13.1. The van der Waals surface area contributed by atoms with Gasteiger partial charge >= 0.3 is 0 Å². The molecule has 0 aliphatic carbocycles. The van der Waals surface area contributed by atoms with Crippen LogP contribution >= 0.6 is 23.4 Å². The molecule has 1 atom stereocenters. The maximum absolute atomic E-state index is 13.6. The Morgan fingerprint density at radius 1 is 0.755 bits per heavy atom. The van der Waals surface area contributed by atoms with E-state index in [9.17, 15) is 14.4 Å². The molecule has 1 aromatic heterocycles. The van der Waals surface area contributed by atoms with E-state index in [1.807, 2.05) is 55.5 Å². The van der Waals surface area contributed by atoms with E-state index in [-0.39, 0.29) is 16.9 Å². The first-order valence-electron chi connectivity index (χ1n) is 16.1. The van der Waals surface area contributed by atoms with Gasteiger partial charge in [-0.3, -0.25) is 14.4 Å². The number of nitrogens with one attached hydrogen (secondary N) is 3. The van der Waals surface area contributed by atoms with Crippen molar-refractivity contribution in [1.29, 1.82) is 0 Å². The quantitative estimate of drug-likeness (QED) is 0.0936. The lowest BCUT2D eigenvalue weighted by atomic mass is 10.1. The highest BCUT2D eigenvalue weighted by molar-refractivity contribution is 8.00. The predicted molar refractivity (Wildman–Crippen MR) is 202 cm³/mol. The molecule has 6 aromatic rings. The number of benzene rings is 5. The Morgan fingerprint density at radius 3 is 2.24 bits per heavy atom. The number of aryl methyl sites for hydroxylation is 1. The Balaban J connectivity index is 1.18. The van der Waals surface area contributed by atoms with Crippen molar-refractivity contribution in [2.75, 3.05) is 10.6 Å². The zero-order valence-electron chi connectivity index (χ0n) is 27.1. The van der Waals surface area contributed by atoms with Gasteiger partial charge in [0.1, 0.15) is 5.70 Å². The predicted octanol–water partition coefficient (Wildman–Crippen LogP) is 9.39. The van der Waals surface area contributed by atoms with Crippen LogP contribution in [0.4, 0.5) is 11.4 Å². The summed E-state index contributed by atoms with van der Waals surface area (Å²) in [6.07, 6.45) is 2.15. The number of nitrogens with zero attached hydrogens (tertiary/aromatic N) is 1. The first-order valence-corrected chi connectivity index (χ1v) is 17.3. The number of thioether (sulfide) groups is 1. The lowest BCUT2D eigenvalue weighted by molar-refractivity contribution is -0.116. The maximum Gasteiger partial charge on any atom is 0.272 e. The van der Waals surface area contributed by atoms with Crippen LogP contribution in [0.1, 0.15) is 36.2 Å². The van der Waals surface area contributed by atoms with Gasteiger partial charge < -0.3 is 20.5 Å². The van der Waals surface area contributed by atoms with Crippen molar-refractivity contribution < 1.29 is 14.4 Å². The maximum atomic E-state index is 13.6. The van der Waals surface area contributed by atoms with E-state index in [1.165, 1.54) is 17.3 Å². The molecule has 49 heavy (non-hydrogen) atoms. The number of hydrogen-bond acceptors (Lipinski definition) is 4. The molecular formula is C40H35ClN4O3S. The average Bonchev–Trinajstić information content (AvgIpc) is 3.44. The van der Waals surface area contributed by atoms with Gasteiger partial charge in [-0.25, -0.2) is 0 Å². The number of para-hydroxylation sites is 1. The molecule has 1 unspecified atom stereocenters. The Kier molecular flexibility index (Phi) is 10.5. The summed E-state index contributed by atoms with van der Waals surface area (Å²) in [4.78, 5) is 40.9. The van der Waals surface area contributed by atoms with E-state index in [1.54, 1.807) is 60.7 Å². The fraction of sp³-hybridized carbons (Fsp3) is 0.125. The number of halogens is 1. The van der Waals surface area contributed by atoms with Gasteiger partial charge in [0, 0.05) is 55.2 Å². The smallest absolute Gasteiger partial charge is 0.272 e. The third-order valence-electron chi connectivity index (χ3n) is 8.12. The van der Waals surface area contributed by atoms with Crippen LogP contribution in [0, 0.1) is 0 Å². The van der Waals surface area contributed by atoms with Gasteiger partial charge in [-0.2, -0.15) is 0 Å². The van der Waals surface area contributed by atoms with Crippen molar-refractivity contribution >= 4 is 80.3 Å². The molecule has 246 valence electrons. The molecule has 3 amide bonds. The van der Waals surface area contributed by atoms with Crippen LogP contribution in [0.25, 0.3) is 27.9 Å². The highest BCUT2D eigenvalue weighted by Crippen LogP contribution is 2.32. The highest BCUT2D eigenvalue weighted by Gasteiger charge is 2.20. The lowest BCUT2D eigenvalue weighted by Gasteiger charge is -2.16. The molecule has 0 saturated heterocycles. The van der Waals surface area contributed by atoms with E-state index in [0.717, 1.165) is 33.4 Å². The molecule has 6 rings (SSSR count). The van der Waals surface area contributed by atoms with Crippen LogP contribution in [-0.4, -0.2) is 27.5 Å². The van der Waals surface area contributed by atoms with Gasteiger partial charge in [0.25, 0.3) is 11.8 Å². The molecule has 0 saturated carbocycles. The summed E-state index contributed by atoms with van der Waals surface area (Å²) < 4.78 is 2.28. The molecule has 0 fully saturated rings. The second-order valence-electron chi connectivity index (χ2n) is 11.4. The van der Waals surface area contributed by atoms with Gasteiger partial charge in [-0.1, -0.05) is 79.2 Å². The molecule has 3 N–H and O–H groups in total. The van der Waals surface area contributed by atoms with Gasteiger partial charge in [0.15, 0.2) is 0 Å². The summed E-state index contributed by atoms with van der Waals surface area (Å²) in [5, 5.41) is 11.1. The molecule has 7 nitrogen and oxygen atoms in total. The normalized spacial score (nSPS) is 12.1. The monoisotopic (exact) mass is 686 g/mol. The van der Waals surface area contributed by atoms with Crippen molar-refractivity contribution in [3.05, 3.63) is 143 Å². The van der Waals surface area contributed by atoms with E-state index in [4.69, 9.17) is 11.6 Å². The second kappa shape index (κ2) is 15.3. The Morgan fingerprint density at radius 2 is 1.47 bits per heavy atom. The standard InChI is InChI=1S/C40H35ClN4O3S/c1-3-37(40(48)43-29-21-22-36-32(25-29)31-18-9-11-20-35(31)45(36)4-2)49-30-17-12-16-28(24-30)42-39(47)34(23-27-15-8-10-19-33(27)41)44-38(46)26-13-6-5-7-14-26/h5-25,37H,3-4H2,1-2H3,(H,42,47)(H,43,48)(H,44,46)/b34-23+. The number of carbonyl (C=O) groups is 3. The Hall–Kier alpha value is -5.31. The van der Waals surface area contributed by atoms with Gasteiger partial charge in [0.05, 0.1) is 5.25 Å². The number of anilines is 2. The Labute approximate surface area is 294 Å². The summed E-state index contributed by atoms with van der Waals surface area (Å²) in [7, 11) is 0. The number of carbonyl (C=O) groups excluding carboxylic acids is 3. The van der Waals surface area contributed by atoms with Crippen molar-refractivity contribution in [3.63, 3.8) is 0 Å². The number of amides is 3. The molecule has 0 aliphatic rings. The minimum absolute atomic E-state index is 0.0323. The lowest BCUT2D eigenvalue weighted by Crippen LogP contribution is -2.30. The third kappa shape index (κ3) is 7.72. The van der Waals surface area contributed by atoms with Crippen molar-refractivity contribution in [2.45, 2.75) is 37.0 Å². The first-order chi connectivity index (χ1) is 23.8. The van der Waals surface area contributed by atoms with Crippen LogP contribution in [0.3, 0.4) is 0 Å². The average molecular weight is 687 g/mol. The van der Waals surface area contributed by atoms with Gasteiger partial charge in [-0.15, -0.1) is 11.8 Å². The summed E-state index contributed by atoms with van der Waals surface area (Å²) >= 11 is 7.80. The fourth-order valence-corrected chi connectivity index (χ4v) is 6.92. The molecule has 5 aromatic carbocycles. The number of hydrogen-bond donors (Lipinski definition) is 3. The highest BCUT2D eigenvalue weighted by atomic mass is 35.5. The summed E-state index contributed by atoms with van der Waals surface area (Å²) in [5.41, 5.74) is 4.59. The van der Waals surface area contributed by atoms with Crippen LogP contribution in [0.15, 0.2) is 132 Å². The van der Waals surface area contributed by atoms with Crippen LogP contribution in [0.2, 0.25) is 5.02 Å². The summed E-state index contributed by atoms with van der Waals surface area (Å²) in [5.74, 6) is -1.05. The molecule has 0 aliphatic heterocycles.